The van der Waals surface area contributed by atoms with Gasteiger partial charge in [0.25, 0.3) is 0 Å². The molecule has 0 bridgehead atoms. The molecule has 1 rings (SSSR count). The van der Waals surface area contributed by atoms with Crippen molar-refractivity contribution in [2.45, 2.75) is 19.5 Å². The van der Waals surface area contributed by atoms with Crippen molar-refractivity contribution in [2.24, 2.45) is 0 Å². The van der Waals surface area contributed by atoms with Crippen molar-refractivity contribution >= 4 is 11.6 Å². The minimum atomic E-state index is -4.37. The molecule has 0 aliphatic carbocycles. The first-order valence-electron chi connectivity index (χ1n) is 6.54. The molecular weight excluding hydrogens is 269 g/mol. The molecule has 0 spiro atoms. The molecule has 7 heteroatoms. The van der Waals surface area contributed by atoms with Crippen LogP contribution in [-0.2, 0) is 6.18 Å². The molecule has 0 aliphatic rings. The lowest BCUT2D eigenvalue weighted by atomic mass is 10.2. The second kappa shape index (κ2) is 7.33. The van der Waals surface area contributed by atoms with Crippen LogP contribution < -0.4 is 10.6 Å². The van der Waals surface area contributed by atoms with Gasteiger partial charge in [0.1, 0.15) is 11.6 Å². The molecule has 0 aliphatic heterocycles. The largest absolute Gasteiger partial charge is 0.416 e. The summed E-state index contributed by atoms with van der Waals surface area (Å²) < 4.78 is 38.5. The molecule has 1 aromatic heterocycles. The summed E-state index contributed by atoms with van der Waals surface area (Å²) in [4.78, 5) is 6.08. The number of hydrogen-bond acceptors (Lipinski definition) is 4. The Hall–Kier alpha value is -1.50. The average Bonchev–Trinajstić information content (AvgIpc) is 2.34. The van der Waals surface area contributed by atoms with E-state index in [4.69, 9.17) is 0 Å². The molecule has 0 atom stereocenters. The zero-order valence-electron chi connectivity index (χ0n) is 12.0. The van der Waals surface area contributed by atoms with Gasteiger partial charge in [0.2, 0.25) is 0 Å². The summed E-state index contributed by atoms with van der Waals surface area (Å²) in [6.07, 6.45) is -3.55. The topological polar surface area (TPSA) is 40.2 Å². The van der Waals surface area contributed by atoms with Crippen LogP contribution in [0.2, 0.25) is 0 Å². The maximum absolute atomic E-state index is 12.8. The number of halogens is 3. The van der Waals surface area contributed by atoms with Gasteiger partial charge in [-0.1, -0.05) is 6.92 Å². The number of nitrogens with one attached hydrogen (secondary N) is 2. The molecule has 0 aromatic carbocycles. The SMILES string of the molecule is CCCNc1cc(C(F)(F)F)cc(NCCN(C)C)n1. The van der Waals surface area contributed by atoms with Gasteiger partial charge in [-0.2, -0.15) is 13.2 Å². The summed E-state index contributed by atoms with van der Waals surface area (Å²) in [6, 6.07) is 2.07. The highest BCUT2D eigenvalue weighted by atomic mass is 19.4. The van der Waals surface area contributed by atoms with E-state index in [0.29, 0.717) is 13.1 Å². The van der Waals surface area contributed by atoms with Gasteiger partial charge in [0.05, 0.1) is 5.56 Å². The quantitative estimate of drug-likeness (QED) is 0.810. The maximum atomic E-state index is 12.8. The fraction of sp³-hybridized carbons (Fsp3) is 0.615. The summed E-state index contributed by atoms with van der Waals surface area (Å²) in [6.45, 7) is 3.78. The van der Waals surface area contributed by atoms with Crippen molar-refractivity contribution in [2.75, 3.05) is 44.4 Å². The molecular formula is C13H21F3N4. The van der Waals surface area contributed by atoms with E-state index >= 15 is 0 Å². The summed E-state index contributed by atoms with van der Waals surface area (Å²) >= 11 is 0. The van der Waals surface area contributed by atoms with Gasteiger partial charge in [0, 0.05) is 19.6 Å². The Kier molecular flexibility index (Phi) is 6.06. The van der Waals surface area contributed by atoms with Gasteiger partial charge in [-0.3, -0.25) is 0 Å². The minimum absolute atomic E-state index is 0.236. The zero-order chi connectivity index (χ0) is 15.2. The molecule has 0 saturated heterocycles. The van der Waals surface area contributed by atoms with E-state index in [1.54, 1.807) is 0 Å². The van der Waals surface area contributed by atoms with Gasteiger partial charge in [-0.25, -0.2) is 4.98 Å². The molecule has 0 fully saturated rings. The second-order valence-corrected chi connectivity index (χ2v) is 4.78. The van der Waals surface area contributed by atoms with Crippen LogP contribution in [0.1, 0.15) is 18.9 Å². The number of hydrogen-bond donors (Lipinski definition) is 2. The Morgan fingerprint density at radius 2 is 1.65 bits per heavy atom. The summed E-state index contributed by atoms with van der Waals surface area (Å²) in [5, 5.41) is 5.80. The Bertz CT molecular complexity index is 419. The molecule has 0 amide bonds. The highest BCUT2D eigenvalue weighted by Crippen LogP contribution is 2.32. The van der Waals surface area contributed by atoms with Crippen molar-refractivity contribution in [3.8, 4) is 0 Å². The minimum Gasteiger partial charge on any atom is -0.370 e. The maximum Gasteiger partial charge on any atom is 0.416 e. The normalized spacial score (nSPS) is 11.8. The molecule has 20 heavy (non-hydrogen) atoms. The van der Waals surface area contributed by atoms with Gasteiger partial charge in [-0.05, 0) is 32.6 Å². The fourth-order valence-corrected chi connectivity index (χ4v) is 1.54. The van der Waals surface area contributed by atoms with Crippen molar-refractivity contribution in [1.82, 2.24) is 9.88 Å². The molecule has 1 heterocycles. The first-order chi connectivity index (χ1) is 9.32. The van der Waals surface area contributed by atoms with E-state index < -0.39 is 11.7 Å². The van der Waals surface area contributed by atoms with Crippen molar-refractivity contribution < 1.29 is 13.2 Å². The number of nitrogens with zero attached hydrogens (tertiary/aromatic N) is 2. The monoisotopic (exact) mass is 290 g/mol. The van der Waals surface area contributed by atoms with Gasteiger partial charge >= 0.3 is 6.18 Å². The molecule has 114 valence electrons. The summed E-state index contributed by atoms with van der Waals surface area (Å²) in [5.74, 6) is 0.481. The van der Waals surface area contributed by atoms with Crippen molar-refractivity contribution in [3.05, 3.63) is 17.7 Å². The lowest BCUT2D eigenvalue weighted by Gasteiger charge is -2.15. The lowest BCUT2D eigenvalue weighted by molar-refractivity contribution is -0.137. The van der Waals surface area contributed by atoms with Crippen molar-refractivity contribution in [1.29, 1.82) is 0 Å². The lowest BCUT2D eigenvalue weighted by Crippen LogP contribution is -2.21. The van der Waals surface area contributed by atoms with E-state index in [1.807, 2.05) is 25.9 Å². The first-order valence-corrected chi connectivity index (χ1v) is 6.54. The Morgan fingerprint density at radius 3 is 2.10 bits per heavy atom. The number of alkyl halides is 3. The van der Waals surface area contributed by atoms with Crippen molar-refractivity contribution in [3.63, 3.8) is 0 Å². The average molecular weight is 290 g/mol. The van der Waals surface area contributed by atoms with E-state index in [-0.39, 0.29) is 11.6 Å². The molecule has 2 N–H and O–H groups in total. The van der Waals surface area contributed by atoms with Crippen LogP contribution in [0.4, 0.5) is 24.8 Å². The van der Waals surface area contributed by atoms with E-state index in [0.717, 1.165) is 25.1 Å². The summed E-state index contributed by atoms with van der Waals surface area (Å²) in [7, 11) is 3.80. The number of pyridine rings is 1. The van der Waals surface area contributed by atoms with Gasteiger partial charge in [0.15, 0.2) is 0 Å². The third kappa shape index (κ3) is 5.64. The molecule has 0 radical (unpaired) electrons. The van der Waals surface area contributed by atoms with Gasteiger partial charge < -0.3 is 15.5 Å². The number of rotatable bonds is 7. The van der Waals surface area contributed by atoms with Crippen LogP contribution in [-0.4, -0.2) is 43.6 Å². The van der Waals surface area contributed by atoms with E-state index in [1.165, 1.54) is 0 Å². The van der Waals surface area contributed by atoms with Crippen LogP contribution >= 0.6 is 0 Å². The highest BCUT2D eigenvalue weighted by molar-refractivity contribution is 5.49. The first kappa shape index (κ1) is 16.6. The third-order valence-electron chi connectivity index (χ3n) is 2.57. The number of aromatic nitrogens is 1. The molecule has 0 saturated carbocycles. The second-order valence-electron chi connectivity index (χ2n) is 4.78. The third-order valence-corrected chi connectivity index (χ3v) is 2.57. The highest BCUT2D eigenvalue weighted by Gasteiger charge is 2.31. The van der Waals surface area contributed by atoms with Crippen LogP contribution in [0.5, 0.6) is 0 Å². The van der Waals surface area contributed by atoms with Gasteiger partial charge in [-0.15, -0.1) is 0 Å². The van der Waals surface area contributed by atoms with Crippen LogP contribution in [0.15, 0.2) is 12.1 Å². The molecule has 0 unspecified atom stereocenters. The molecule has 4 nitrogen and oxygen atoms in total. The predicted octanol–water partition coefficient (Wildman–Crippen LogP) is 2.90. The smallest absolute Gasteiger partial charge is 0.370 e. The standard InChI is InChI=1S/C13H21F3N4/c1-4-5-17-11-8-10(13(14,15)16)9-12(19-11)18-6-7-20(2)3/h8-9H,4-7H2,1-3H3,(H2,17,18,19). The fourth-order valence-electron chi connectivity index (χ4n) is 1.54. The van der Waals surface area contributed by atoms with E-state index in [2.05, 4.69) is 15.6 Å². The van der Waals surface area contributed by atoms with Crippen LogP contribution in [0.25, 0.3) is 0 Å². The number of anilines is 2. The van der Waals surface area contributed by atoms with E-state index in [9.17, 15) is 13.2 Å². The number of likely N-dealkylation sites (N-methyl/N-ethyl adjacent to an activating group) is 1. The Morgan fingerprint density at radius 1 is 1.10 bits per heavy atom. The summed E-state index contributed by atoms with van der Waals surface area (Å²) in [5.41, 5.74) is -0.696. The predicted molar refractivity (Wildman–Crippen MR) is 75.1 cm³/mol. The molecule has 1 aromatic rings. The Balaban J connectivity index is 2.86. The van der Waals surface area contributed by atoms with Crippen LogP contribution in [0.3, 0.4) is 0 Å². The van der Waals surface area contributed by atoms with Crippen LogP contribution in [0, 0.1) is 0 Å². The zero-order valence-corrected chi connectivity index (χ0v) is 12.0. The Labute approximate surface area is 117 Å².